The Balaban J connectivity index is 2.20. The van der Waals surface area contributed by atoms with Gasteiger partial charge in [-0.2, -0.15) is 0 Å². The maximum atomic E-state index is 6.11. The lowest BCUT2D eigenvalue weighted by atomic mass is 10.0. The van der Waals surface area contributed by atoms with E-state index in [1.807, 2.05) is 0 Å². The van der Waals surface area contributed by atoms with Gasteiger partial charge >= 0.3 is 0 Å². The first-order valence-electron chi connectivity index (χ1n) is 6.23. The van der Waals surface area contributed by atoms with Crippen LogP contribution >= 0.6 is 0 Å². The van der Waals surface area contributed by atoms with Crippen LogP contribution in [0.3, 0.4) is 0 Å². The smallest absolute Gasteiger partial charge is 0.0167 e. The summed E-state index contributed by atoms with van der Waals surface area (Å²) in [6.45, 7) is 6.95. The van der Waals surface area contributed by atoms with E-state index < -0.39 is 0 Å². The summed E-state index contributed by atoms with van der Waals surface area (Å²) >= 11 is 0. The van der Waals surface area contributed by atoms with Gasteiger partial charge in [-0.1, -0.05) is 26.2 Å². The molecule has 0 spiro atoms. The van der Waals surface area contributed by atoms with Gasteiger partial charge in [0.25, 0.3) is 0 Å². The van der Waals surface area contributed by atoms with E-state index in [2.05, 4.69) is 18.7 Å². The van der Waals surface area contributed by atoms with Crippen LogP contribution in [0, 0.1) is 0 Å². The highest BCUT2D eigenvalue weighted by atomic mass is 15.2. The van der Waals surface area contributed by atoms with E-state index in [9.17, 15) is 0 Å². The lowest BCUT2D eigenvalue weighted by Gasteiger charge is -2.35. The normalized spacial score (nSPS) is 26.4. The van der Waals surface area contributed by atoms with Gasteiger partial charge in [0.15, 0.2) is 0 Å². The maximum Gasteiger partial charge on any atom is 0.0167 e. The van der Waals surface area contributed by atoms with E-state index in [1.165, 1.54) is 45.1 Å². The van der Waals surface area contributed by atoms with Crippen LogP contribution in [0.2, 0.25) is 0 Å². The van der Waals surface area contributed by atoms with Crippen molar-refractivity contribution in [3.63, 3.8) is 0 Å². The van der Waals surface area contributed by atoms with Gasteiger partial charge in [-0.3, -0.25) is 4.90 Å². The predicted octanol–water partition coefficient (Wildman–Crippen LogP) is 2.38. The molecule has 0 amide bonds. The Bertz CT molecular complexity index is 147. The molecule has 2 nitrogen and oxygen atoms in total. The summed E-state index contributed by atoms with van der Waals surface area (Å²) < 4.78 is 0. The van der Waals surface area contributed by atoms with Crippen LogP contribution < -0.4 is 5.73 Å². The summed E-state index contributed by atoms with van der Waals surface area (Å²) in [6.07, 6.45) is 7.87. The molecule has 2 unspecified atom stereocenters. The molecular formula is C12H26N2. The molecule has 0 bridgehead atoms. The molecule has 1 saturated heterocycles. The number of likely N-dealkylation sites (tertiary alicyclic amines) is 1. The fourth-order valence-corrected chi connectivity index (χ4v) is 2.29. The first-order chi connectivity index (χ1) is 6.74. The zero-order valence-electron chi connectivity index (χ0n) is 9.84. The highest BCUT2D eigenvalue weighted by Gasteiger charge is 2.19. The number of unbranched alkanes of at least 4 members (excludes halogenated alkanes) is 1. The van der Waals surface area contributed by atoms with Gasteiger partial charge in [0.2, 0.25) is 0 Å². The van der Waals surface area contributed by atoms with Gasteiger partial charge in [0.05, 0.1) is 0 Å². The molecule has 1 rings (SSSR count). The topological polar surface area (TPSA) is 29.3 Å². The fourth-order valence-electron chi connectivity index (χ4n) is 2.29. The third-order valence-corrected chi connectivity index (χ3v) is 3.34. The summed E-state index contributed by atoms with van der Waals surface area (Å²) in [5.41, 5.74) is 6.11. The Morgan fingerprint density at radius 3 is 2.86 bits per heavy atom. The Morgan fingerprint density at radius 1 is 1.43 bits per heavy atom. The molecule has 0 aromatic heterocycles. The van der Waals surface area contributed by atoms with Crippen LogP contribution in [0.25, 0.3) is 0 Å². The lowest BCUT2D eigenvalue weighted by molar-refractivity contribution is 0.149. The van der Waals surface area contributed by atoms with Crippen molar-refractivity contribution in [2.24, 2.45) is 5.73 Å². The molecule has 14 heavy (non-hydrogen) atoms. The largest absolute Gasteiger partial charge is 0.327 e. The number of nitrogens with zero attached hydrogens (tertiary/aromatic N) is 1. The van der Waals surface area contributed by atoms with Crippen LogP contribution in [-0.4, -0.2) is 30.1 Å². The second-order valence-corrected chi connectivity index (χ2v) is 4.74. The molecule has 0 radical (unpaired) electrons. The average molecular weight is 198 g/mol. The number of nitrogens with two attached hydrogens (primary N) is 1. The first-order valence-corrected chi connectivity index (χ1v) is 6.23. The Labute approximate surface area is 88.8 Å². The standard InChI is InChI=1S/C12H26N2/c1-3-4-8-12(13)10-14-9-6-5-7-11(14)2/h11-12H,3-10,13H2,1-2H3. The lowest BCUT2D eigenvalue weighted by Crippen LogP contribution is -2.44. The molecule has 84 valence electrons. The van der Waals surface area contributed by atoms with E-state index in [0.29, 0.717) is 6.04 Å². The molecule has 0 aromatic carbocycles. The quantitative estimate of drug-likeness (QED) is 0.735. The Hall–Kier alpha value is -0.0800. The predicted molar refractivity (Wildman–Crippen MR) is 62.4 cm³/mol. The number of rotatable bonds is 5. The van der Waals surface area contributed by atoms with Crippen molar-refractivity contribution in [2.45, 2.75) is 64.5 Å². The van der Waals surface area contributed by atoms with Crippen LogP contribution in [0.4, 0.5) is 0 Å². The van der Waals surface area contributed by atoms with Gasteiger partial charge in [0.1, 0.15) is 0 Å². The number of hydrogen-bond acceptors (Lipinski definition) is 2. The van der Waals surface area contributed by atoms with Gasteiger partial charge in [-0.15, -0.1) is 0 Å². The van der Waals surface area contributed by atoms with Crippen molar-refractivity contribution in [2.75, 3.05) is 13.1 Å². The van der Waals surface area contributed by atoms with E-state index >= 15 is 0 Å². The second-order valence-electron chi connectivity index (χ2n) is 4.74. The van der Waals surface area contributed by atoms with Crippen molar-refractivity contribution < 1.29 is 0 Å². The van der Waals surface area contributed by atoms with Crippen LogP contribution in [0.15, 0.2) is 0 Å². The highest BCUT2D eigenvalue weighted by Crippen LogP contribution is 2.16. The minimum absolute atomic E-state index is 0.399. The summed E-state index contributed by atoms with van der Waals surface area (Å²) in [5, 5.41) is 0. The fraction of sp³-hybridized carbons (Fsp3) is 1.00. The molecular weight excluding hydrogens is 172 g/mol. The molecule has 0 aliphatic carbocycles. The van der Waals surface area contributed by atoms with Crippen molar-refractivity contribution >= 4 is 0 Å². The third kappa shape index (κ3) is 3.97. The average Bonchev–Trinajstić information content (AvgIpc) is 2.18. The Kier molecular flexibility index (Phi) is 5.49. The summed E-state index contributed by atoms with van der Waals surface area (Å²) in [5.74, 6) is 0. The van der Waals surface area contributed by atoms with Gasteiger partial charge in [-0.05, 0) is 32.7 Å². The third-order valence-electron chi connectivity index (χ3n) is 3.34. The molecule has 1 fully saturated rings. The molecule has 1 heterocycles. The summed E-state index contributed by atoms with van der Waals surface area (Å²) in [6, 6.07) is 1.16. The SMILES string of the molecule is CCCCC(N)CN1CCCCC1C. The monoisotopic (exact) mass is 198 g/mol. The summed E-state index contributed by atoms with van der Waals surface area (Å²) in [4.78, 5) is 2.57. The molecule has 0 saturated carbocycles. The molecule has 0 aromatic rings. The summed E-state index contributed by atoms with van der Waals surface area (Å²) in [7, 11) is 0. The van der Waals surface area contributed by atoms with E-state index in [1.54, 1.807) is 0 Å². The van der Waals surface area contributed by atoms with Crippen LogP contribution in [0.5, 0.6) is 0 Å². The molecule has 2 heteroatoms. The van der Waals surface area contributed by atoms with Gasteiger partial charge < -0.3 is 5.73 Å². The molecule has 2 N–H and O–H groups in total. The maximum absolute atomic E-state index is 6.11. The van der Waals surface area contributed by atoms with Crippen LogP contribution in [0.1, 0.15) is 52.4 Å². The first kappa shape index (κ1) is 12.0. The van der Waals surface area contributed by atoms with Crippen LogP contribution in [-0.2, 0) is 0 Å². The van der Waals surface area contributed by atoms with Gasteiger partial charge in [0, 0.05) is 18.6 Å². The zero-order chi connectivity index (χ0) is 10.4. The highest BCUT2D eigenvalue weighted by molar-refractivity contribution is 4.77. The number of hydrogen-bond donors (Lipinski definition) is 1. The van der Waals surface area contributed by atoms with E-state index in [4.69, 9.17) is 5.73 Å². The minimum atomic E-state index is 0.399. The molecule has 1 aliphatic rings. The molecule has 2 atom stereocenters. The number of piperidine rings is 1. The van der Waals surface area contributed by atoms with Crippen molar-refractivity contribution in [1.82, 2.24) is 4.90 Å². The second kappa shape index (κ2) is 6.41. The van der Waals surface area contributed by atoms with Crippen molar-refractivity contribution in [3.05, 3.63) is 0 Å². The van der Waals surface area contributed by atoms with Crippen molar-refractivity contribution in [1.29, 1.82) is 0 Å². The zero-order valence-corrected chi connectivity index (χ0v) is 9.84. The molecule has 1 aliphatic heterocycles. The van der Waals surface area contributed by atoms with E-state index in [0.717, 1.165) is 12.6 Å². The van der Waals surface area contributed by atoms with Gasteiger partial charge in [-0.25, -0.2) is 0 Å². The van der Waals surface area contributed by atoms with E-state index in [-0.39, 0.29) is 0 Å². The Morgan fingerprint density at radius 2 is 2.21 bits per heavy atom. The van der Waals surface area contributed by atoms with Crippen molar-refractivity contribution in [3.8, 4) is 0 Å². The minimum Gasteiger partial charge on any atom is -0.327 e.